The quantitative estimate of drug-likeness (QED) is 0.560. The Morgan fingerprint density at radius 2 is 1.93 bits per heavy atom. The molecule has 160 valence electrons. The van der Waals surface area contributed by atoms with Gasteiger partial charge in [0.2, 0.25) is 0 Å². The highest BCUT2D eigenvalue weighted by atomic mass is 16.3. The number of phenolic OH excluding ortho intramolecular Hbond substituents is 1. The van der Waals surface area contributed by atoms with Crippen molar-refractivity contribution >= 4 is 5.70 Å². The number of rotatable bonds is 5. The lowest BCUT2D eigenvalue weighted by Crippen LogP contribution is -2.46. The molecule has 2 atom stereocenters. The second-order valence-electron chi connectivity index (χ2n) is 8.18. The van der Waals surface area contributed by atoms with Gasteiger partial charge in [0, 0.05) is 49.2 Å². The van der Waals surface area contributed by atoms with E-state index in [1.807, 2.05) is 12.1 Å². The molecule has 2 aromatic rings. The SMILES string of the molecule is CC[C@]1(N)CN(/C(N)=C/C=C(\N)c2ccc(-c3ccn(C)c(=O)c3)cc2O)C[C@@H]1C. The van der Waals surface area contributed by atoms with Gasteiger partial charge >= 0.3 is 0 Å². The first-order valence-corrected chi connectivity index (χ1v) is 10.1. The normalized spacial score (nSPS) is 22.5. The van der Waals surface area contributed by atoms with Crippen molar-refractivity contribution < 1.29 is 5.11 Å². The highest BCUT2D eigenvalue weighted by Crippen LogP contribution is 2.30. The van der Waals surface area contributed by atoms with Crippen molar-refractivity contribution in [3.63, 3.8) is 0 Å². The topological polar surface area (TPSA) is 124 Å². The van der Waals surface area contributed by atoms with Crippen molar-refractivity contribution in [3.05, 3.63) is 70.4 Å². The van der Waals surface area contributed by atoms with Crippen molar-refractivity contribution in [1.29, 1.82) is 0 Å². The van der Waals surface area contributed by atoms with Gasteiger partial charge in [0.1, 0.15) is 5.75 Å². The van der Waals surface area contributed by atoms with Gasteiger partial charge in [-0.1, -0.05) is 19.9 Å². The first kappa shape index (κ1) is 21.5. The Hall–Kier alpha value is -3.19. The number of aromatic hydroxyl groups is 1. The molecule has 0 amide bonds. The molecule has 30 heavy (non-hydrogen) atoms. The number of likely N-dealkylation sites (tertiary alicyclic amines) is 1. The summed E-state index contributed by atoms with van der Waals surface area (Å²) in [6.45, 7) is 5.74. The van der Waals surface area contributed by atoms with Gasteiger partial charge in [-0.05, 0) is 53.8 Å². The lowest BCUT2D eigenvalue weighted by Gasteiger charge is -2.26. The van der Waals surface area contributed by atoms with E-state index in [2.05, 4.69) is 18.7 Å². The molecule has 0 unspecified atom stereocenters. The fourth-order valence-corrected chi connectivity index (χ4v) is 3.80. The number of pyridine rings is 1. The van der Waals surface area contributed by atoms with Gasteiger partial charge in [0.05, 0.1) is 5.82 Å². The first-order valence-electron chi connectivity index (χ1n) is 10.1. The number of aryl methyl sites for hydroxylation is 1. The lowest BCUT2D eigenvalue weighted by molar-refractivity contribution is 0.342. The molecule has 1 saturated heterocycles. The van der Waals surface area contributed by atoms with Crippen LogP contribution in [-0.4, -0.2) is 33.2 Å². The summed E-state index contributed by atoms with van der Waals surface area (Å²) in [4.78, 5) is 13.9. The second-order valence-corrected chi connectivity index (χ2v) is 8.18. The molecular formula is C23H31N5O2. The predicted octanol–water partition coefficient (Wildman–Crippen LogP) is 1.92. The summed E-state index contributed by atoms with van der Waals surface area (Å²) in [6, 6.07) is 8.51. The Morgan fingerprint density at radius 3 is 2.53 bits per heavy atom. The van der Waals surface area contributed by atoms with E-state index >= 15 is 0 Å². The summed E-state index contributed by atoms with van der Waals surface area (Å²) in [7, 11) is 1.69. The monoisotopic (exact) mass is 409 g/mol. The minimum Gasteiger partial charge on any atom is -0.507 e. The highest BCUT2D eigenvalue weighted by Gasteiger charge is 2.39. The molecule has 0 aliphatic carbocycles. The smallest absolute Gasteiger partial charge is 0.250 e. The molecule has 0 saturated carbocycles. The maximum Gasteiger partial charge on any atom is 0.250 e. The van der Waals surface area contributed by atoms with E-state index in [0.29, 0.717) is 29.5 Å². The predicted molar refractivity (Wildman–Crippen MR) is 121 cm³/mol. The fourth-order valence-electron chi connectivity index (χ4n) is 3.80. The Bertz CT molecular complexity index is 1060. The average Bonchev–Trinajstić information content (AvgIpc) is 3.03. The summed E-state index contributed by atoms with van der Waals surface area (Å²) in [5.41, 5.74) is 20.9. The number of allylic oxidation sites excluding steroid dienone is 2. The molecular weight excluding hydrogens is 378 g/mol. The summed E-state index contributed by atoms with van der Waals surface area (Å²) in [5.74, 6) is 0.986. The van der Waals surface area contributed by atoms with E-state index < -0.39 is 0 Å². The van der Waals surface area contributed by atoms with Crippen LogP contribution in [0.3, 0.4) is 0 Å². The van der Waals surface area contributed by atoms with Crippen molar-refractivity contribution in [2.24, 2.45) is 30.2 Å². The number of nitrogens with zero attached hydrogens (tertiary/aromatic N) is 2. The van der Waals surface area contributed by atoms with Crippen LogP contribution in [0.15, 0.2) is 59.3 Å². The number of phenols is 1. The zero-order valence-corrected chi connectivity index (χ0v) is 17.8. The third-order valence-electron chi connectivity index (χ3n) is 6.16. The van der Waals surface area contributed by atoms with E-state index in [9.17, 15) is 9.90 Å². The van der Waals surface area contributed by atoms with E-state index in [4.69, 9.17) is 17.2 Å². The number of aromatic nitrogens is 1. The molecule has 1 fully saturated rings. The molecule has 7 nitrogen and oxygen atoms in total. The third kappa shape index (κ3) is 4.21. The van der Waals surface area contributed by atoms with Crippen LogP contribution in [0.4, 0.5) is 0 Å². The molecule has 3 rings (SSSR count). The first-order chi connectivity index (χ1) is 14.1. The summed E-state index contributed by atoms with van der Waals surface area (Å²) in [5, 5.41) is 10.5. The number of nitrogens with two attached hydrogens (primary N) is 3. The van der Waals surface area contributed by atoms with Crippen LogP contribution in [-0.2, 0) is 7.05 Å². The molecule has 0 spiro atoms. The second kappa shape index (κ2) is 8.28. The highest BCUT2D eigenvalue weighted by molar-refractivity contribution is 5.74. The van der Waals surface area contributed by atoms with Gasteiger partial charge in [-0.2, -0.15) is 0 Å². The maximum atomic E-state index is 11.9. The molecule has 7 heteroatoms. The number of hydrogen-bond acceptors (Lipinski definition) is 6. The van der Waals surface area contributed by atoms with Crippen molar-refractivity contribution in [1.82, 2.24) is 9.47 Å². The Balaban J connectivity index is 1.80. The zero-order valence-electron chi connectivity index (χ0n) is 17.8. The van der Waals surface area contributed by atoms with Crippen LogP contribution in [0.1, 0.15) is 25.8 Å². The standard InChI is InChI=1S/C23H31N5O2/c1-4-23(26)14-28(13-15(23)2)21(25)8-7-19(24)18-6-5-16(11-20(18)29)17-9-10-27(3)22(30)12-17/h5-12,15,29H,4,13-14,24-26H2,1-3H3/b19-7-,21-8+/t15-,23-/m0/s1. The maximum absolute atomic E-state index is 11.9. The minimum absolute atomic E-state index is 0.0376. The van der Waals surface area contributed by atoms with Crippen LogP contribution in [0.2, 0.25) is 0 Å². The molecule has 0 bridgehead atoms. The van der Waals surface area contributed by atoms with Gasteiger partial charge < -0.3 is 31.8 Å². The minimum atomic E-state index is -0.236. The molecule has 0 radical (unpaired) electrons. The summed E-state index contributed by atoms with van der Waals surface area (Å²) >= 11 is 0. The van der Waals surface area contributed by atoms with Crippen LogP contribution in [0.5, 0.6) is 5.75 Å². The average molecular weight is 410 g/mol. The summed E-state index contributed by atoms with van der Waals surface area (Å²) < 4.78 is 1.49. The molecule has 1 aromatic carbocycles. The van der Waals surface area contributed by atoms with E-state index in [1.165, 1.54) is 10.6 Å². The Labute approximate surface area is 177 Å². The van der Waals surface area contributed by atoms with Crippen LogP contribution in [0.25, 0.3) is 16.8 Å². The molecule has 1 aliphatic rings. The molecule has 2 heterocycles. The number of benzene rings is 1. The lowest BCUT2D eigenvalue weighted by atomic mass is 9.87. The van der Waals surface area contributed by atoms with Gasteiger partial charge in [-0.25, -0.2) is 0 Å². The van der Waals surface area contributed by atoms with Crippen LogP contribution in [0, 0.1) is 5.92 Å². The van der Waals surface area contributed by atoms with Crippen LogP contribution >= 0.6 is 0 Å². The largest absolute Gasteiger partial charge is 0.507 e. The van der Waals surface area contributed by atoms with Gasteiger partial charge in [-0.3, -0.25) is 4.79 Å². The summed E-state index contributed by atoms with van der Waals surface area (Å²) in [6.07, 6.45) is 6.02. The van der Waals surface area contributed by atoms with E-state index in [0.717, 1.165) is 24.1 Å². The molecule has 1 aliphatic heterocycles. The van der Waals surface area contributed by atoms with Crippen molar-refractivity contribution in [3.8, 4) is 16.9 Å². The van der Waals surface area contributed by atoms with E-state index in [-0.39, 0.29) is 16.8 Å². The molecule has 1 aromatic heterocycles. The third-order valence-corrected chi connectivity index (χ3v) is 6.16. The molecule has 7 N–H and O–H groups in total. The van der Waals surface area contributed by atoms with Crippen molar-refractivity contribution in [2.45, 2.75) is 25.8 Å². The Kier molecular flexibility index (Phi) is 5.94. The van der Waals surface area contributed by atoms with E-state index in [1.54, 1.807) is 37.5 Å². The fraction of sp³-hybridized carbons (Fsp3) is 0.348. The van der Waals surface area contributed by atoms with Gasteiger partial charge in [0.25, 0.3) is 5.56 Å². The Morgan fingerprint density at radius 1 is 1.23 bits per heavy atom. The van der Waals surface area contributed by atoms with Crippen LogP contribution < -0.4 is 22.8 Å². The zero-order chi connectivity index (χ0) is 22.1. The van der Waals surface area contributed by atoms with Gasteiger partial charge in [0.15, 0.2) is 0 Å². The number of hydrogen-bond donors (Lipinski definition) is 4. The van der Waals surface area contributed by atoms with Crippen molar-refractivity contribution in [2.75, 3.05) is 13.1 Å². The van der Waals surface area contributed by atoms with Gasteiger partial charge in [-0.15, -0.1) is 0 Å².